The third-order valence-electron chi connectivity index (χ3n) is 8.88. The van der Waals surface area contributed by atoms with Gasteiger partial charge in [-0.15, -0.1) is 11.3 Å². The Bertz CT molecular complexity index is 1760. The molecule has 240 valence electrons. The van der Waals surface area contributed by atoms with Gasteiger partial charge in [0.1, 0.15) is 16.3 Å². The van der Waals surface area contributed by atoms with Crippen molar-refractivity contribution in [3.05, 3.63) is 40.5 Å². The normalized spacial score (nSPS) is 22.6. The van der Waals surface area contributed by atoms with E-state index in [0.29, 0.717) is 29.3 Å². The number of nitrogens with zero attached hydrogens (tertiary/aromatic N) is 6. The Morgan fingerprint density at radius 2 is 1.89 bits per heavy atom. The van der Waals surface area contributed by atoms with E-state index >= 15 is 0 Å². The number of ether oxygens (including phenoxy) is 1. The number of hydrogen-bond acceptors (Lipinski definition) is 11. The molecular weight excluding hydrogens is 631 g/mol. The van der Waals surface area contributed by atoms with Crippen molar-refractivity contribution < 1.29 is 31.1 Å². The molecule has 1 amide bonds. The molecule has 1 unspecified atom stereocenters. The molecule has 45 heavy (non-hydrogen) atoms. The fourth-order valence-electron chi connectivity index (χ4n) is 5.81. The van der Waals surface area contributed by atoms with Gasteiger partial charge in [-0.3, -0.25) is 4.79 Å². The van der Waals surface area contributed by atoms with Crippen LogP contribution in [0.2, 0.25) is 0 Å². The van der Waals surface area contributed by atoms with Crippen LogP contribution in [0, 0.1) is 0 Å². The molecule has 4 aliphatic rings. The molecule has 1 N–H and O–H groups in total. The number of carbonyl (C=O) groups excluding carboxylic acids is 1. The van der Waals surface area contributed by atoms with Gasteiger partial charge in [-0.1, -0.05) is 0 Å². The average Bonchev–Trinajstić information content (AvgIpc) is 3.72. The van der Waals surface area contributed by atoms with Crippen molar-refractivity contribution in [3.63, 3.8) is 0 Å². The second kappa shape index (κ2) is 11.2. The summed E-state index contributed by atoms with van der Waals surface area (Å²) in [6.07, 6.45) is -2.23. The maximum atomic E-state index is 14.2. The number of halogens is 3. The predicted molar refractivity (Wildman–Crippen MR) is 162 cm³/mol. The molecule has 1 saturated carbocycles. The Kier molecular flexibility index (Phi) is 7.53. The topological polar surface area (TPSA) is 121 Å². The van der Waals surface area contributed by atoms with Crippen LogP contribution in [-0.2, 0) is 20.8 Å². The number of pyridine rings is 1. The maximum absolute atomic E-state index is 14.2. The molecule has 3 aromatic heterocycles. The number of piperazine rings is 1. The standard InChI is InChI=1S/C29H32F3N7O4S2/c1-16-13-38(8-7-37(16)2)23-6-5-20(24(35-23)17-3-4-17)34-28-33-12-19(29(30,31)32)25(36-28)21-11-22-26(44-21)27(40)39(18-14-43-15-18)9-10-45(22,41)42/h5-6,11-12,16-18H,3-4,7-10,13-15H2,1-2H3,(H,33,34,36). The fourth-order valence-corrected chi connectivity index (χ4v) is 8.73. The lowest BCUT2D eigenvalue weighted by atomic mass is 10.1. The number of rotatable bonds is 6. The minimum atomic E-state index is -4.82. The van der Waals surface area contributed by atoms with Crippen LogP contribution in [0.25, 0.3) is 10.6 Å². The summed E-state index contributed by atoms with van der Waals surface area (Å²) in [6.45, 7) is 5.31. The molecule has 1 atom stereocenters. The Morgan fingerprint density at radius 1 is 1.11 bits per heavy atom. The van der Waals surface area contributed by atoms with Crippen LogP contribution in [0.15, 0.2) is 29.3 Å². The first kappa shape index (κ1) is 30.3. The first-order valence-electron chi connectivity index (χ1n) is 14.8. The number of alkyl halides is 3. The van der Waals surface area contributed by atoms with Crippen molar-refractivity contribution >= 4 is 44.5 Å². The minimum Gasteiger partial charge on any atom is -0.377 e. The Morgan fingerprint density at radius 3 is 2.56 bits per heavy atom. The van der Waals surface area contributed by atoms with E-state index in [-0.39, 0.29) is 58.1 Å². The lowest BCUT2D eigenvalue weighted by molar-refractivity contribution is -0.137. The monoisotopic (exact) mass is 663 g/mol. The highest BCUT2D eigenvalue weighted by Gasteiger charge is 2.41. The van der Waals surface area contributed by atoms with Gasteiger partial charge < -0.3 is 24.8 Å². The van der Waals surface area contributed by atoms with Gasteiger partial charge >= 0.3 is 6.18 Å². The van der Waals surface area contributed by atoms with Crippen LogP contribution in [0.5, 0.6) is 0 Å². The zero-order valence-corrected chi connectivity index (χ0v) is 26.3. The van der Waals surface area contributed by atoms with E-state index in [2.05, 4.69) is 39.1 Å². The zero-order chi connectivity index (χ0) is 31.7. The van der Waals surface area contributed by atoms with E-state index in [1.54, 1.807) is 0 Å². The molecule has 1 aliphatic carbocycles. The number of carbonyl (C=O) groups is 1. The van der Waals surface area contributed by atoms with E-state index in [1.807, 2.05) is 12.1 Å². The molecule has 0 radical (unpaired) electrons. The Labute approximate surface area is 262 Å². The largest absolute Gasteiger partial charge is 0.420 e. The molecule has 0 spiro atoms. The van der Waals surface area contributed by atoms with Crippen molar-refractivity contribution in [1.82, 2.24) is 24.8 Å². The molecule has 6 heterocycles. The second-order valence-corrected chi connectivity index (χ2v) is 15.2. The molecule has 7 rings (SSSR count). The van der Waals surface area contributed by atoms with Crippen molar-refractivity contribution in [1.29, 1.82) is 0 Å². The summed E-state index contributed by atoms with van der Waals surface area (Å²) in [7, 11) is -1.84. The molecule has 16 heteroatoms. The average molecular weight is 664 g/mol. The molecule has 3 aliphatic heterocycles. The first-order valence-corrected chi connectivity index (χ1v) is 17.3. The number of likely N-dealkylation sites (N-methyl/N-ethyl adjacent to an activating group) is 1. The van der Waals surface area contributed by atoms with Crippen LogP contribution in [0.4, 0.5) is 30.6 Å². The first-order chi connectivity index (χ1) is 21.4. The van der Waals surface area contributed by atoms with E-state index < -0.39 is 33.2 Å². The lowest BCUT2D eigenvalue weighted by Gasteiger charge is -2.38. The summed E-state index contributed by atoms with van der Waals surface area (Å²) in [5.41, 5.74) is -0.210. The molecule has 11 nitrogen and oxygen atoms in total. The highest BCUT2D eigenvalue weighted by atomic mass is 32.2. The van der Waals surface area contributed by atoms with Crippen LogP contribution in [0.3, 0.4) is 0 Å². The van der Waals surface area contributed by atoms with Gasteiger partial charge in [0.25, 0.3) is 5.91 Å². The van der Waals surface area contributed by atoms with Crippen molar-refractivity contribution in [3.8, 4) is 10.6 Å². The number of thiophene rings is 1. The van der Waals surface area contributed by atoms with Crippen LogP contribution in [0.1, 0.15) is 46.6 Å². The smallest absolute Gasteiger partial charge is 0.377 e. The van der Waals surface area contributed by atoms with Gasteiger partial charge in [-0.25, -0.2) is 23.4 Å². The summed E-state index contributed by atoms with van der Waals surface area (Å²) >= 11 is 0.699. The third-order valence-corrected chi connectivity index (χ3v) is 11.9. The summed E-state index contributed by atoms with van der Waals surface area (Å²) in [5, 5.41) is 3.08. The van der Waals surface area contributed by atoms with Gasteiger partial charge in [0.15, 0.2) is 9.84 Å². The third kappa shape index (κ3) is 5.77. The van der Waals surface area contributed by atoms with Crippen molar-refractivity contribution in [2.45, 2.75) is 48.8 Å². The van der Waals surface area contributed by atoms with Gasteiger partial charge in [0.2, 0.25) is 5.95 Å². The van der Waals surface area contributed by atoms with Crippen molar-refractivity contribution in [2.75, 3.05) is 62.4 Å². The van der Waals surface area contributed by atoms with Crippen LogP contribution >= 0.6 is 11.3 Å². The molecule has 2 saturated heterocycles. The zero-order valence-electron chi connectivity index (χ0n) is 24.7. The van der Waals surface area contributed by atoms with Crippen LogP contribution in [-0.4, -0.2) is 103 Å². The summed E-state index contributed by atoms with van der Waals surface area (Å²) in [6, 6.07) is 4.98. The fraction of sp³-hybridized carbons (Fsp3) is 0.517. The summed E-state index contributed by atoms with van der Waals surface area (Å²) in [4.78, 5) is 32.1. The number of anilines is 3. The minimum absolute atomic E-state index is 0.00864. The highest BCUT2D eigenvalue weighted by Crippen LogP contribution is 2.45. The molecule has 3 aromatic rings. The number of fused-ring (bicyclic) bond motifs is 1. The SMILES string of the molecule is CC1CN(c2ccc(Nc3ncc(C(F)(F)F)c(-c4cc5c(s4)C(=O)N(C4COC4)CCS5(=O)=O)n3)c(C3CC3)n2)CCN1C. The highest BCUT2D eigenvalue weighted by molar-refractivity contribution is 7.91. The van der Waals surface area contributed by atoms with Gasteiger partial charge in [0, 0.05) is 44.3 Å². The van der Waals surface area contributed by atoms with E-state index in [0.717, 1.165) is 50.1 Å². The van der Waals surface area contributed by atoms with E-state index in [4.69, 9.17) is 9.72 Å². The second-order valence-electron chi connectivity index (χ2n) is 12.0. The molecule has 3 fully saturated rings. The Balaban J connectivity index is 1.24. The number of nitrogens with one attached hydrogen (secondary N) is 1. The van der Waals surface area contributed by atoms with Crippen LogP contribution < -0.4 is 10.2 Å². The van der Waals surface area contributed by atoms with Gasteiger partial charge in [0.05, 0.1) is 51.9 Å². The van der Waals surface area contributed by atoms with Gasteiger partial charge in [-0.2, -0.15) is 13.2 Å². The molecule has 0 aromatic carbocycles. The molecular formula is C29H32F3N7O4S2. The maximum Gasteiger partial charge on any atom is 0.420 e. The van der Waals surface area contributed by atoms with E-state index in [9.17, 15) is 26.4 Å². The predicted octanol–water partition coefficient (Wildman–Crippen LogP) is 4.01. The summed E-state index contributed by atoms with van der Waals surface area (Å²) in [5.74, 6) is 0.116. The Hall–Kier alpha value is -3.34. The van der Waals surface area contributed by atoms with Crippen molar-refractivity contribution in [2.24, 2.45) is 0 Å². The quantitative estimate of drug-likeness (QED) is 0.414. The van der Waals surface area contributed by atoms with E-state index in [1.165, 1.54) is 4.90 Å². The number of aromatic nitrogens is 3. The van der Waals surface area contributed by atoms with Gasteiger partial charge in [-0.05, 0) is 45.0 Å². The number of amides is 1. The summed E-state index contributed by atoms with van der Waals surface area (Å²) < 4.78 is 74.1. The number of hydrogen-bond donors (Lipinski definition) is 1. The number of sulfone groups is 1. The molecule has 0 bridgehead atoms. The lowest BCUT2D eigenvalue weighted by Crippen LogP contribution is -2.52.